The van der Waals surface area contributed by atoms with Gasteiger partial charge >= 0.3 is 0 Å². The summed E-state index contributed by atoms with van der Waals surface area (Å²) in [5, 5.41) is 3.92. The molecule has 2 aromatic rings. The maximum atomic E-state index is 12.6. The maximum Gasteiger partial charge on any atom is 0.220 e. The van der Waals surface area contributed by atoms with E-state index in [1.807, 2.05) is 30.3 Å². The first-order chi connectivity index (χ1) is 14.1. The van der Waals surface area contributed by atoms with Crippen molar-refractivity contribution in [3.05, 3.63) is 65.2 Å². The molecule has 0 bridgehead atoms. The van der Waals surface area contributed by atoms with Crippen molar-refractivity contribution in [1.82, 2.24) is 15.1 Å². The third-order valence-electron chi connectivity index (χ3n) is 5.20. The number of amides is 1. The number of rotatable bonds is 9. The van der Waals surface area contributed by atoms with Crippen molar-refractivity contribution in [2.24, 2.45) is 0 Å². The van der Waals surface area contributed by atoms with Gasteiger partial charge in [0.15, 0.2) is 0 Å². The molecule has 5 nitrogen and oxygen atoms in total. The topological polar surface area (TPSA) is 44.8 Å². The summed E-state index contributed by atoms with van der Waals surface area (Å²) in [6, 6.07) is 17.5. The van der Waals surface area contributed by atoms with Gasteiger partial charge in [0.2, 0.25) is 5.91 Å². The fourth-order valence-electron chi connectivity index (χ4n) is 3.43. The number of carbonyl (C=O) groups excluding carboxylic acids is 1. The second kappa shape index (κ2) is 11.2. The van der Waals surface area contributed by atoms with E-state index < -0.39 is 0 Å². The Labute approximate surface area is 178 Å². The monoisotopic (exact) mass is 415 g/mol. The van der Waals surface area contributed by atoms with Crippen molar-refractivity contribution in [3.8, 4) is 5.75 Å². The number of likely N-dealkylation sites (N-methyl/N-ethyl adjacent to an activating group) is 1. The maximum absolute atomic E-state index is 12.6. The van der Waals surface area contributed by atoms with Crippen molar-refractivity contribution in [2.75, 3.05) is 46.4 Å². The molecule has 1 heterocycles. The highest BCUT2D eigenvalue weighted by molar-refractivity contribution is 6.30. The van der Waals surface area contributed by atoms with E-state index in [0.717, 1.165) is 44.0 Å². The third kappa shape index (κ3) is 7.35. The Balaban J connectivity index is 1.47. The Kier molecular flexibility index (Phi) is 8.35. The zero-order valence-electron chi connectivity index (χ0n) is 17.0. The summed E-state index contributed by atoms with van der Waals surface area (Å²) in [7, 11) is 2.15. The summed E-state index contributed by atoms with van der Waals surface area (Å²) >= 11 is 5.88. The van der Waals surface area contributed by atoms with Crippen LogP contribution in [0.1, 0.15) is 24.4 Å². The van der Waals surface area contributed by atoms with Crippen LogP contribution in [0.4, 0.5) is 0 Å². The molecule has 0 radical (unpaired) electrons. The van der Waals surface area contributed by atoms with Crippen molar-refractivity contribution in [3.63, 3.8) is 0 Å². The molecule has 0 saturated carbocycles. The molecule has 1 aliphatic heterocycles. The Bertz CT molecular complexity index is 746. The van der Waals surface area contributed by atoms with Gasteiger partial charge in [0.25, 0.3) is 0 Å². The van der Waals surface area contributed by atoms with E-state index in [-0.39, 0.29) is 11.9 Å². The molecule has 1 fully saturated rings. The molecule has 2 aromatic carbocycles. The fourth-order valence-corrected chi connectivity index (χ4v) is 3.55. The molecule has 1 unspecified atom stereocenters. The average Bonchev–Trinajstić information content (AvgIpc) is 2.74. The Hall–Kier alpha value is -2.08. The van der Waals surface area contributed by atoms with Gasteiger partial charge in [0, 0.05) is 44.2 Å². The van der Waals surface area contributed by atoms with E-state index >= 15 is 0 Å². The predicted octanol–water partition coefficient (Wildman–Crippen LogP) is 3.60. The average molecular weight is 416 g/mol. The molecule has 3 rings (SSSR count). The van der Waals surface area contributed by atoms with Crippen LogP contribution in [-0.2, 0) is 4.79 Å². The lowest BCUT2D eigenvalue weighted by molar-refractivity contribution is -0.122. The van der Waals surface area contributed by atoms with Crippen LogP contribution in [0, 0.1) is 0 Å². The highest BCUT2D eigenvalue weighted by Crippen LogP contribution is 2.17. The molecular weight excluding hydrogens is 386 g/mol. The van der Waals surface area contributed by atoms with Gasteiger partial charge in [-0.1, -0.05) is 41.9 Å². The van der Waals surface area contributed by atoms with Crippen LogP contribution in [0.5, 0.6) is 5.75 Å². The summed E-state index contributed by atoms with van der Waals surface area (Å²) in [4.78, 5) is 17.3. The molecule has 0 aromatic heterocycles. The van der Waals surface area contributed by atoms with Crippen LogP contribution in [0.15, 0.2) is 54.6 Å². The van der Waals surface area contributed by atoms with Gasteiger partial charge in [0.05, 0.1) is 12.6 Å². The van der Waals surface area contributed by atoms with E-state index in [4.69, 9.17) is 16.3 Å². The third-order valence-corrected chi connectivity index (χ3v) is 5.46. The van der Waals surface area contributed by atoms with Gasteiger partial charge in [-0.2, -0.15) is 0 Å². The second-order valence-corrected chi connectivity index (χ2v) is 7.98. The first kappa shape index (κ1) is 21.6. The molecule has 1 atom stereocenters. The summed E-state index contributed by atoms with van der Waals surface area (Å²) in [5.41, 5.74) is 1.15. The van der Waals surface area contributed by atoms with Crippen LogP contribution in [-0.4, -0.2) is 62.1 Å². The van der Waals surface area contributed by atoms with Crippen molar-refractivity contribution in [1.29, 1.82) is 0 Å². The predicted molar refractivity (Wildman–Crippen MR) is 117 cm³/mol. The van der Waals surface area contributed by atoms with Crippen LogP contribution >= 0.6 is 11.6 Å². The normalized spacial score (nSPS) is 16.3. The number of nitrogens with zero attached hydrogens (tertiary/aromatic N) is 2. The zero-order chi connectivity index (χ0) is 20.5. The van der Waals surface area contributed by atoms with Crippen molar-refractivity contribution in [2.45, 2.75) is 18.9 Å². The lowest BCUT2D eigenvalue weighted by Crippen LogP contribution is -2.47. The number of ether oxygens (including phenoxy) is 1. The van der Waals surface area contributed by atoms with Gasteiger partial charge < -0.3 is 15.0 Å². The van der Waals surface area contributed by atoms with Crippen LogP contribution in [0.3, 0.4) is 0 Å². The number of hydrogen-bond donors (Lipinski definition) is 1. The number of halogens is 1. The Morgan fingerprint density at radius 3 is 2.45 bits per heavy atom. The molecule has 1 saturated heterocycles. The molecule has 156 valence electrons. The van der Waals surface area contributed by atoms with Crippen LogP contribution in [0.25, 0.3) is 0 Å². The van der Waals surface area contributed by atoms with Gasteiger partial charge in [-0.25, -0.2) is 0 Å². The minimum absolute atomic E-state index is 0.00397. The largest absolute Gasteiger partial charge is 0.494 e. The van der Waals surface area contributed by atoms with Gasteiger partial charge in [-0.3, -0.25) is 9.69 Å². The first-order valence-corrected chi connectivity index (χ1v) is 10.6. The summed E-state index contributed by atoms with van der Waals surface area (Å²) < 4.78 is 5.68. The molecule has 1 amide bonds. The lowest BCUT2D eigenvalue weighted by atomic mass is 10.1. The van der Waals surface area contributed by atoms with Gasteiger partial charge in [-0.05, 0) is 43.3 Å². The van der Waals surface area contributed by atoms with E-state index in [1.165, 1.54) is 0 Å². The lowest BCUT2D eigenvalue weighted by Gasteiger charge is -2.35. The summed E-state index contributed by atoms with van der Waals surface area (Å²) in [5.74, 6) is 0.833. The fraction of sp³-hybridized carbons (Fsp3) is 0.435. The number of benzene rings is 2. The molecular formula is C23H30ClN3O2. The first-order valence-electron chi connectivity index (χ1n) is 10.2. The number of carbonyl (C=O) groups is 1. The molecule has 0 aliphatic carbocycles. The highest BCUT2D eigenvalue weighted by atomic mass is 35.5. The van der Waals surface area contributed by atoms with Gasteiger partial charge in [-0.15, -0.1) is 0 Å². The van der Waals surface area contributed by atoms with Gasteiger partial charge in [0.1, 0.15) is 5.75 Å². The van der Waals surface area contributed by atoms with E-state index in [0.29, 0.717) is 24.5 Å². The number of nitrogens with one attached hydrogen (secondary N) is 1. The Morgan fingerprint density at radius 2 is 1.76 bits per heavy atom. The minimum atomic E-state index is 0.00397. The quantitative estimate of drug-likeness (QED) is 0.635. The van der Waals surface area contributed by atoms with E-state index in [1.54, 1.807) is 12.1 Å². The van der Waals surface area contributed by atoms with Crippen LogP contribution < -0.4 is 10.1 Å². The zero-order valence-corrected chi connectivity index (χ0v) is 17.8. The highest BCUT2D eigenvalue weighted by Gasteiger charge is 2.21. The summed E-state index contributed by atoms with van der Waals surface area (Å²) in [6.07, 6.45) is 1.12. The van der Waals surface area contributed by atoms with Crippen molar-refractivity contribution < 1.29 is 9.53 Å². The smallest absolute Gasteiger partial charge is 0.220 e. The van der Waals surface area contributed by atoms with Crippen molar-refractivity contribution >= 4 is 17.5 Å². The molecule has 0 spiro atoms. The molecule has 6 heteroatoms. The number of piperazine rings is 1. The van der Waals surface area contributed by atoms with E-state index in [2.05, 4.69) is 34.3 Å². The molecule has 29 heavy (non-hydrogen) atoms. The number of hydrogen-bond acceptors (Lipinski definition) is 4. The molecule has 1 N–H and O–H groups in total. The van der Waals surface area contributed by atoms with Crippen LogP contribution in [0.2, 0.25) is 5.02 Å². The van der Waals surface area contributed by atoms with E-state index in [9.17, 15) is 4.79 Å². The summed E-state index contributed by atoms with van der Waals surface area (Å²) in [6.45, 7) is 5.54. The second-order valence-electron chi connectivity index (χ2n) is 7.54. The standard InChI is InChI=1S/C23H30ClN3O2/c1-26-13-15-27(16-14-26)18-22(19-6-3-2-4-7-19)25-23(28)8-5-17-29-21-11-9-20(24)10-12-21/h2-4,6-7,9-12,22H,5,8,13-18H2,1H3,(H,25,28). The minimum Gasteiger partial charge on any atom is -0.494 e. The molecule has 1 aliphatic rings. The SMILES string of the molecule is CN1CCN(CC(NC(=O)CCCOc2ccc(Cl)cc2)c2ccccc2)CC1. The Morgan fingerprint density at radius 1 is 1.07 bits per heavy atom.